The van der Waals surface area contributed by atoms with Crippen LogP contribution in [0, 0.1) is 0 Å². The maximum atomic E-state index is 12.3. The molecule has 3 rings (SSSR count). The molecule has 0 fully saturated rings. The summed E-state index contributed by atoms with van der Waals surface area (Å²) in [6.45, 7) is 1.48. The Balaban J connectivity index is 1.61. The van der Waals surface area contributed by atoms with Gasteiger partial charge in [0.15, 0.2) is 0 Å². The number of fused-ring (bicyclic) bond motifs is 1. The van der Waals surface area contributed by atoms with Crippen LogP contribution in [0.15, 0.2) is 47.6 Å². The molecule has 0 radical (unpaired) electrons. The van der Waals surface area contributed by atoms with Gasteiger partial charge in [-0.2, -0.15) is 0 Å². The third kappa shape index (κ3) is 3.39. The van der Waals surface area contributed by atoms with E-state index in [0.29, 0.717) is 22.3 Å². The number of amides is 1. The first-order valence-corrected chi connectivity index (χ1v) is 8.18. The highest BCUT2D eigenvalue weighted by Gasteiger charge is 2.20. The van der Waals surface area contributed by atoms with Crippen molar-refractivity contribution in [2.45, 2.75) is 18.0 Å². The van der Waals surface area contributed by atoms with Crippen LogP contribution in [0.1, 0.15) is 11.1 Å². The van der Waals surface area contributed by atoms with Crippen molar-refractivity contribution >= 4 is 29.3 Å². The van der Waals surface area contributed by atoms with Gasteiger partial charge in [0.25, 0.3) is 0 Å². The lowest BCUT2D eigenvalue weighted by Crippen LogP contribution is -2.37. The number of carbonyl (C=O) groups is 1. The fourth-order valence-electron chi connectivity index (χ4n) is 2.41. The van der Waals surface area contributed by atoms with Crippen LogP contribution in [-0.2, 0) is 17.8 Å². The van der Waals surface area contributed by atoms with Crippen LogP contribution in [0.5, 0.6) is 0 Å². The minimum absolute atomic E-state index is 0.135. The van der Waals surface area contributed by atoms with Crippen molar-refractivity contribution in [1.82, 2.24) is 9.88 Å². The summed E-state index contributed by atoms with van der Waals surface area (Å²) >= 11 is 7.45. The Morgan fingerprint density at radius 2 is 2.05 bits per heavy atom. The smallest absolute Gasteiger partial charge is 0.233 e. The SMILES string of the molecule is O=C(CSc1ncccc1Cl)N1CCc2ccccc2C1. The fraction of sp³-hybridized carbons (Fsp3) is 0.250. The lowest BCUT2D eigenvalue weighted by molar-refractivity contribution is -0.129. The summed E-state index contributed by atoms with van der Waals surface area (Å²) < 4.78 is 0. The van der Waals surface area contributed by atoms with Gasteiger partial charge in [0.05, 0.1) is 10.8 Å². The van der Waals surface area contributed by atoms with Gasteiger partial charge >= 0.3 is 0 Å². The van der Waals surface area contributed by atoms with Gasteiger partial charge in [-0.15, -0.1) is 0 Å². The molecule has 0 saturated heterocycles. The molecule has 2 aromatic rings. The molecule has 0 aliphatic carbocycles. The van der Waals surface area contributed by atoms with Crippen molar-refractivity contribution in [3.05, 3.63) is 58.7 Å². The van der Waals surface area contributed by atoms with Gasteiger partial charge in [-0.25, -0.2) is 4.98 Å². The number of rotatable bonds is 3. The number of hydrogen-bond acceptors (Lipinski definition) is 3. The molecule has 1 aliphatic heterocycles. The summed E-state index contributed by atoms with van der Waals surface area (Å²) in [6, 6.07) is 11.9. The monoisotopic (exact) mass is 318 g/mol. The van der Waals surface area contributed by atoms with Crippen LogP contribution in [0.4, 0.5) is 0 Å². The molecule has 3 nitrogen and oxygen atoms in total. The van der Waals surface area contributed by atoms with E-state index >= 15 is 0 Å². The van der Waals surface area contributed by atoms with E-state index < -0.39 is 0 Å². The summed E-state index contributed by atoms with van der Waals surface area (Å²) in [6.07, 6.45) is 2.62. The number of hydrogen-bond donors (Lipinski definition) is 0. The molecule has 0 atom stereocenters. The molecular formula is C16H15ClN2OS. The first-order valence-electron chi connectivity index (χ1n) is 6.82. The lowest BCUT2D eigenvalue weighted by atomic mass is 10.00. The summed E-state index contributed by atoms with van der Waals surface area (Å²) in [5, 5.41) is 1.31. The second-order valence-corrected chi connectivity index (χ2v) is 6.28. The van der Waals surface area contributed by atoms with E-state index in [1.807, 2.05) is 11.0 Å². The van der Waals surface area contributed by atoms with Gasteiger partial charge in [0.1, 0.15) is 5.03 Å². The first kappa shape index (κ1) is 14.4. The third-order valence-corrected chi connectivity index (χ3v) is 4.95. The highest BCUT2D eigenvalue weighted by Crippen LogP contribution is 2.25. The van der Waals surface area contributed by atoms with Crippen molar-refractivity contribution in [3.63, 3.8) is 0 Å². The van der Waals surface area contributed by atoms with E-state index in [2.05, 4.69) is 23.2 Å². The number of aromatic nitrogens is 1. The van der Waals surface area contributed by atoms with Gasteiger partial charge in [-0.3, -0.25) is 4.79 Å². The zero-order valence-corrected chi connectivity index (χ0v) is 13.0. The Morgan fingerprint density at radius 1 is 1.24 bits per heavy atom. The Labute approximate surface area is 133 Å². The first-order chi connectivity index (χ1) is 10.2. The number of pyridine rings is 1. The topological polar surface area (TPSA) is 33.2 Å². The Kier molecular flexibility index (Phi) is 4.46. The maximum absolute atomic E-state index is 12.3. The van der Waals surface area contributed by atoms with Gasteiger partial charge in [-0.1, -0.05) is 47.6 Å². The molecule has 0 N–H and O–H groups in total. The number of benzene rings is 1. The minimum Gasteiger partial charge on any atom is -0.337 e. The quantitative estimate of drug-likeness (QED) is 0.813. The van der Waals surface area contributed by atoms with Crippen molar-refractivity contribution < 1.29 is 4.79 Å². The largest absolute Gasteiger partial charge is 0.337 e. The molecule has 1 aromatic carbocycles. The molecule has 0 spiro atoms. The second kappa shape index (κ2) is 6.50. The molecule has 1 aromatic heterocycles. The van der Waals surface area contributed by atoms with E-state index in [0.717, 1.165) is 13.0 Å². The molecule has 21 heavy (non-hydrogen) atoms. The predicted molar refractivity (Wildman–Crippen MR) is 85.5 cm³/mol. The number of halogens is 1. The maximum Gasteiger partial charge on any atom is 0.233 e. The van der Waals surface area contributed by atoms with Crippen molar-refractivity contribution in [3.8, 4) is 0 Å². The van der Waals surface area contributed by atoms with Crippen molar-refractivity contribution in [1.29, 1.82) is 0 Å². The van der Waals surface area contributed by atoms with E-state index in [1.165, 1.54) is 22.9 Å². The molecule has 1 amide bonds. The lowest BCUT2D eigenvalue weighted by Gasteiger charge is -2.28. The van der Waals surface area contributed by atoms with E-state index in [1.54, 1.807) is 18.3 Å². The summed E-state index contributed by atoms with van der Waals surface area (Å²) in [5.74, 6) is 0.509. The van der Waals surface area contributed by atoms with Crippen LogP contribution in [0.2, 0.25) is 5.02 Å². The molecule has 0 bridgehead atoms. The summed E-state index contributed by atoms with van der Waals surface area (Å²) in [5.41, 5.74) is 2.60. The molecule has 0 saturated carbocycles. The third-order valence-electron chi connectivity index (χ3n) is 3.54. The zero-order chi connectivity index (χ0) is 14.7. The van der Waals surface area contributed by atoms with Gasteiger partial charge < -0.3 is 4.90 Å². The molecular weight excluding hydrogens is 304 g/mol. The van der Waals surface area contributed by atoms with Crippen LogP contribution < -0.4 is 0 Å². The second-order valence-electron chi connectivity index (χ2n) is 4.91. The molecule has 0 unspecified atom stereocenters. The Bertz CT molecular complexity index is 662. The van der Waals surface area contributed by atoms with Crippen LogP contribution in [0.25, 0.3) is 0 Å². The number of thioether (sulfide) groups is 1. The highest BCUT2D eigenvalue weighted by atomic mass is 35.5. The predicted octanol–water partition coefficient (Wildman–Crippen LogP) is 3.41. The van der Waals surface area contributed by atoms with Gasteiger partial charge in [0, 0.05) is 19.3 Å². The highest BCUT2D eigenvalue weighted by molar-refractivity contribution is 8.00. The average Bonchev–Trinajstić information content (AvgIpc) is 2.53. The molecule has 5 heteroatoms. The summed E-state index contributed by atoms with van der Waals surface area (Å²) in [4.78, 5) is 18.4. The van der Waals surface area contributed by atoms with E-state index in [4.69, 9.17) is 11.6 Å². The summed E-state index contributed by atoms with van der Waals surface area (Å²) in [7, 11) is 0. The Morgan fingerprint density at radius 3 is 2.86 bits per heavy atom. The molecule has 108 valence electrons. The Hall–Kier alpha value is -1.52. The minimum atomic E-state index is 0.135. The molecule has 1 aliphatic rings. The van der Waals surface area contributed by atoms with Crippen LogP contribution >= 0.6 is 23.4 Å². The standard InChI is InChI=1S/C16H15ClN2OS/c17-14-6-3-8-18-16(14)21-11-15(20)19-9-7-12-4-1-2-5-13(12)10-19/h1-6,8H,7,9-11H2. The number of nitrogens with zero attached hydrogens (tertiary/aromatic N) is 2. The van der Waals surface area contributed by atoms with Crippen molar-refractivity contribution in [2.75, 3.05) is 12.3 Å². The van der Waals surface area contributed by atoms with Crippen LogP contribution in [-0.4, -0.2) is 28.1 Å². The van der Waals surface area contributed by atoms with E-state index in [-0.39, 0.29) is 5.91 Å². The van der Waals surface area contributed by atoms with Gasteiger partial charge in [0.2, 0.25) is 5.91 Å². The normalized spacial score (nSPS) is 13.9. The van der Waals surface area contributed by atoms with Gasteiger partial charge in [-0.05, 0) is 29.7 Å². The number of carbonyl (C=O) groups excluding carboxylic acids is 1. The van der Waals surface area contributed by atoms with Crippen LogP contribution in [0.3, 0.4) is 0 Å². The zero-order valence-electron chi connectivity index (χ0n) is 11.5. The molecule has 2 heterocycles. The fourth-order valence-corrected chi connectivity index (χ4v) is 3.48. The average molecular weight is 319 g/mol. The van der Waals surface area contributed by atoms with Crippen molar-refractivity contribution in [2.24, 2.45) is 0 Å². The van der Waals surface area contributed by atoms with E-state index in [9.17, 15) is 4.79 Å².